The summed E-state index contributed by atoms with van der Waals surface area (Å²) in [5.74, 6) is 0. The number of rotatable bonds is 4. The molecule has 0 spiro atoms. The smallest absolute Gasteiger partial charge is 0.180 e. The summed E-state index contributed by atoms with van der Waals surface area (Å²) >= 11 is 1.63. The predicted octanol–water partition coefficient (Wildman–Crippen LogP) is 3.38. The van der Waals surface area contributed by atoms with Gasteiger partial charge < -0.3 is 5.73 Å². The van der Waals surface area contributed by atoms with Gasteiger partial charge in [0, 0.05) is 29.7 Å². The molecule has 0 bridgehead atoms. The zero-order valence-corrected chi connectivity index (χ0v) is 12.3. The monoisotopic (exact) mass is 285 g/mol. The molecule has 0 radical (unpaired) electrons. The molecule has 0 amide bonds. The molecule has 4 rings (SSSR count). The Morgan fingerprint density at radius 1 is 1.25 bits per heavy atom. The lowest BCUT2D eigenvalue weighted by Gasteiger charge is -2.29. The number of aryl methyl sites for hydroxylation is 1. The van der Waals surface area contributed by atoms with Gasteiger partial charge in [0.25, 0.3) is 0 Å². The normalized spacial score (nSPS) is 21.4. The molecule has 1 aromatic carbocycles. The fourth-order valence-corrected chi connectivity index (χ4v) is 4.05. The van der Waals surface area contributed by atoms with Gasteiger partial charge in [-0.2, -0.15) is 0 Å². The van der Waals surface area contributed by atoms with Crippen molar-refractivity contribution in [2.75, 3.05) is 5.73 Å². The van der Waals surface area contributed by atoms with E-state index in [4.69, 9.17) is 5.73 Å². The highest BCUT2D eigenvalue weighted by Gasteiger charge is 2.37. The molecule has 4 heteroatoms. The van der Waals surface area contributed by atoms with Gasteiger partial charge in [-0.3, -0.25) is 4.90 Å². The molecule has 0 saturated heterocycles. The molecule has 2 N–H and O–H groups in total. The van der Waals surface area contributed by atoms with E-state index >= 15 is 0 Å². The molecule has 1 aromatic heterocycles. The molecule has 2 aliphatic carbocycles. The zero-order valence-electron chi connectivity index (χ0n) is 11.5. The second kappa shape index (κ2) is 4.86. The van der Waals surface area contributed by atoms with Crippen LogP contribution in [-0.4, -0.2) is 15.9 Å². The highest BCUT2D eigenvalue weighted by molar-refractivity contribution is 7.15. The Morgan fingerprint density at radius 2 is 2.10 bits per heavy atom. The van der Waals surface area contributed by atoms with Crippen LogP contribution in [0.15, 0.2) is 30.5 Å². The Bertz CT molecular complexity index is 618. The maximum absolute atomic E-state index is 5.76. The van der Waals surface area contributed by atoms with Crippen molar-refractivity contribution in [3.05, 3.63) is 46.5 Å². The van der Waals surface area contributed by atoms with E-state index in [1.165, 1.54) is 41.7 Å². The predicted molar refractivity (Wildman–Crippen MR) is 82.6 cm³/mol. The van der Waals surface area contributed by atoms with Crippen LogP contribution < -0.4 is 5.73 Å². The van der Waals surface area contributed by atoms with Gasteiger partial charge in [0.1, 0.15) is 0 Å². The SMILES string of the molecule is Nc1ncc(CN(C2CC2)C2CCc3ccccc32)s1. The summed E-state index contributed by atoms with van der Waals surface area (Å²) in [6.45, 7) is 0.999. The van der Waals surface area contributed by atoms with Crippen LogP contribution in [0.25, 0.3) is 0 Å². The fraction of sp³-hybridized carbons (Fsp3) is 0.438. The molecule has 1 atom stereocenters. The Kier molecular flexibility index (Phi) is 3.00. The number of nitrogens with zero attached hydrogens (tertiary/aromatic N) is 2. The van der Waals surface area contributed by atoms with Crippen LogP contribution >= 0.6 is 11.3 Å². The molecule has 3 nitrogen and oxygen atoms in total. The highest BCUT2D eigenvalue weighted by atomic mass is 32.1. The van der Waals surface area contributed by atoms with Crippen LogP contribution in [0.3, 0.4) is 0 Å². The van der Waals surface area contributed by atoms with E-state index in [0.717, 1.165) is 12.6 Å². The van der Waals surface area contributed by atoms with Crippen LogP contribution in [0, 0.1) is 0 Å². The quantitative estimate of drug-likeness (QED) is 0.936. The second-order valence-corrected chi connectivity index (χ2v) is 6.97. The van der Waals surface area contributed by atoms with Gasteiger partial charge in [0.2, 0.25) is 0 Å². The molecule has 2 aromatic rings. The van der Waals surface area contributed by atoms with Crippen LogP contribution in [0.4, 0.5) is 5.13 Å². The van der Waals surface area contributed by atoms with E-state index in [1.54, 1.807) is 11.3 Å². The zero-order chi connectivity index (χ0) is 13.5. The first-order valence-corrected chi connectivity index (χ1v) is 8.16. The third-order valence-electron chi connectivity index (χ3n) is 4.43. The first kappa shape index (κ1) is 12.4. The summed E-state index contributed by atoms with van der Waals surface area (Å²) in [5.41, 5.74) is 8.84. The number of nitrogen functional groups attached to an aromatic ring is 1. The summed E-state index contributed by atoms with van der Waals surface area (Å²) in [6, 6.07) is 10.3. The lowest BCUT2D eigenvalue weighted by molar-refractivity contribution is 0.178. The van der Waals surface area contributed by atoms with E-state index < -0.39 is 0 Å². The standard InChI is InChI=1S/C16H19N3S/c17-16-18-9-13(20-16)10-19(12-6-7-12)15-8-5-11-3-1-2-4-14(11)15/h1-4,9,12,15H,5-8,10H2,(H2,17,18). The Morgan fingerprint density at radius 3 is 2.85 bits per heavy atom. The average molecular weight is 285 g/mol. The number of hydrogen-bond acceptors (Lipinski definition) is 4. The fourth-order valence-electron chi connectivity index (χ4n) is 3.35. The van der Waals surface area contributed by atoms with Gasteiger partial charge in [-0.15, -0.1) is 11.3 Å². The van der Waals surface area contributed by atoms with Crippen molar-refractivity contribution in [2.45, 2.75) is 44.3 Å². The number of thiazole rings is 1. The van der Waals surface area contributed by atoms with Crippen molar-refractivity contribution >= 4 is 16.5 Å². The highest BCUT2D eigenvalue weighted by Crippen LogP contribution is 2.42. The van der Waals surface area contributed by atoms with Crippen LogP contribution in [0.2, 0.25) is 0 Å². The minimum atomic E-state index is 0.585. The topological polar surface area (TPSA) is 42.1 Å². The molecule has 104 valence electrons. The Balaban J connectivity index is 1.61. The first-order chi connectivity index (χ1) is 9.81. The molecule has 2 aliphatic rings. The number of fused-ring (bicyclic) bond motifs is 1. The van der Waals surface area contributed by atoms with Crippen LogP contribution in [-0.2, 0) is 13.0 Å². The maximum Gasteiger partial charge on any atom is 0.180 e. The molecule has 1 heterocycles. The van der Waals surface area contributed by atoms with Gasteiger partial charge in [-0.05, 0) is 36.8 Å². The van der Waals surface area contributed by atoms with Crippen LogP contribution in [0.5, 0.6) is 0 Å². The van der Waals surface area contributed by atoms with Gasteiger partial charge in [-0.25, -0.2) is 4.98 Å². The molecular weight excluding hydrogens is 266 g/mol. The number of nitrogens with two attached hydrogens (primary N) is 1. The van der Waals surface area contributed by atoms with Gasteiger partial charge in [0.05, 0.1) is 0 Å². The van der Waals surface area contributed by atoms with E-state index in [9.17, 15) is 0 Å². The minimum Gasteiger partial charge on any atom is -0.375 e. The van der Waals surface area contributed by atoms with Crippen molar-refractivity contribution in [1.82, 2.24) is 9.88 Å². The van der Waals surface area contributed by atoms with Gasteiger partial charge in [-0.1, -0.05) is 24.3 Å². The summed E-state index contributed by atoms with van der Waals surface area (Å²) in [5, 5.41) is 0.683. The number of benzene rings is 1. The minimum absolute atomic E-state index is 0.585. The van der Waals surface area contributed by atoms with Gasteiger partial charge in [0.15, 0.2) is 5.13 Å². The maximum atomic E-state index is 5.76. The van der Waals surface area contributed by atoms with Crippen LogP contribution in [0.1, 0.15) is 41.3 Å². The third kappa shape index (κ3) is 2.23. The Hall–Kier alpha value is -1.39. The van der Waals surface area contributed by atoms with E-state index in [-0.39, 0.29) is 0 Å². The molecule has 1 unspecified atom stereocenters. The van der Waals surface area contributed by atoms with E-state index in [2.05, 4.69) is 34.1 Å². The van der Waals surface area contributed by atoms with Crippen molar-refractivity contribution < 1.29 is 0 Å². The van der Waals surface area contributed by atoms with E-state index in [1.807, 2.05) is 6.20 Å². The molecule has 20 heavy (non-hydrogen) atoms. The van der Waals surface area contributed by atoms with Crippen molar-refractivity contribution in [2.24, 2.45) is 0 Å². The summed E-state index contributed by atoms with van der Waals surface area (Å²) < 4.78 is 0. The lowest BCUT2D eigenvalue weighted by Crippen LogP contribution is -2.29. The summed E-state index contributed by atoms with van der Waals surface area (Å²) in [7, 11) is 0. The largest absolute Gasteiger partial charge is 0.375 e. The molecule has 1 saturated carbocycles. The van der Waals surface area contributed by atoms with Crippen molar-refractivity contribution in [1.29, 1.82) is 0 Å². The van der Waals surface area contributed by atoms with Gasteiger partial charge >= 0.3 is 0 Å². The van der Waals surface area contributed by atoms with Crippen molar-refractivity contribution in [3.8, 4) is 0 Å². The first-order valence-electron chi connectivity index (χ1n) is 7.35. The number of hydrogen-bond donors (Lipinski definition) is 1. The Labute approximate surface area is 123 Å². The third-order valence-corrected chi connectivity index (χ3v) is 5.24. The lowest BCUT2D eigenvalue weighted by atomic mass is 10.1. The average Bonchev–Trinajstić information content (AvgIpc) is 3.09. The summed E-state index contributed by atoms with van der Waals surface area (Å²) in [6.07, 6.45) is 7.09. The number of anilines is 1. The summed E-state index contributed by atoms with van der Waals surface area (Å²) in [4.78, 5) is 8.16. The number of aromatic nitrogens is 1. The second-order valence-electron chi connectivity index (χ2n) is 5.82. The van der Waals surface area contributed by atoms with Crippen molar-refractivity contribution in [3.63, 3.8) is 0 Å². The molecule has 0 aliphatic heterocycles. The molecular formula is C16H19N3S. The van der Waals surface area contributed by atoms with E-state index in [0.29, 0.717) is 11.2 Å². The molecule has 1 fully saturated rings.